The molecule has 0 radical (unpaired) electrons. The Morgan fingerprint density at radius 2 is 1.69 bits per heavy atom. The van der Waals surface area contributed by atoms with E-state index < -0.39 is 10.0 Å². The molecule has 3 rings (SSSR count). The summed E-state index contributed by atoms with van der Waals surface area (Å²) in [6, 6.07) is 9.77. The highest BCUT2D eigenvalue weighted by molar-refractivity contribution is 7.89. The first-order chi connectivity index (χ1) is 15.4. The third kappa shape index (κ3) is 5.74. The van der Waals surface area contributed by atoms with Gasteiger partial charge in [0, 0.05) is 57.9 Å². The number of nitrogens with zero attached hydrogens (tertiary/aromatic N) is 3. The zero-order valence-corrected chi connectivity index (χ0v) is 20.1. The first kappa shape index (κ1) is 24.4. The lowest BCUT2D eigenvalue weighted by molar-refractivity contribution is 0.0642. The number of benzene rings is 1. The van der Waals surface area contributed by atoms with Crippen LogP contribution < -0.4 is 5.32 Å². The van der Waals surface area contributed by atoms with Gasteiger partial charge in [0.2, 0.25) is 10.0 Å². The van der Waals surface area contributed by atoms with Gasteiger partial charge in [-0.05, 0) is 35.7 Å². The lowest BCUT2D eigenvalue weighted by Crippen LogP contribution is -2.50. The molecule has 0 aliphatic carbocycles. The number of amides is 2. The molecule has 1 N–H and O–H groups in total. The summed E-state index contributed by atoms with van der Waals surface area (Å²) in [6.07, 6.45) is 0. The number of sulfonamides is 1. The van der Waals surface area contributed by atoms with Gasteiger partial charge in [0.05, 0.1) is 9.77 Å². The Morgan fingerprint density at radius 1 is 1.03 bits per heavy atom. The highest BCUT2D eigenvalue weighted by Crippen LogP contribution is 2.16. The van der Waals surface area contributed by atoms with Crippen LogP contribution in [0.25, 0.3) is 0 Å². The standard InChI is InChI=1S/C22H30N4O4S2/c1-3-26(4-2)32(29,30)19-9-7-18(8-10-19)21(27)23-11-12-24-13-15-25(16-14-24)22(28)20-6-5-17-31-20/h5-10,17H,3-4,11-16H2,1-2H3,(H,23,27). The van der Waals surface area contributed by atoms with Gasteiger partial charge in [0.1, 0.15) is 0 Å². The molecule has 0 atom stereocenters. The highest BCUT2D eigenvalue weighted by atomic mass is 32.2. The van der Waals surface area contributed by atoms with E-state index in [1.165, 1.54) is 27.8 Å². The Balaban J connectivity index is 1.44. The van der Waals surface area contributed by atoms with Gasteiger partial charge in [-0.1, -0.05) is 19.9 Å². The van der Waals surface area contributed by atoms with Crippen LogP contribution in [0.2, 0.25) is 0 Å². The fraction of sp³-hybridized carbons (Fsp3) is 0.455. The number of carbonyl (C=O) groups excluding carboxylic acids is 2. The molecule has 1 fully saturated rings. The summed E-state index contributed by atoms with van der Waals surface area (Å²) >= 11 is 1.46. The second-order valence-electron chi connectivity index (χ2n) is 7.48. The third-order valence-corrected chi connectivity index (χ3v) is 8.49. The Kier molecular flexibility index (Phi) is 8.41. The first-order valence-corrected chi connectivity index (χ1v) is 13.1. The Hall–Kier alpha value is -2.27. The third-order valence-electron chi connectivity index (χ3n) is 5.56. The molecule has 0 spiro atoms. The van der Waals surface area contributed by atoms with Crippen LogP contribution in [-0.4, -0.2) is 86.7 Å². The largest absolute Gasteiger partial charge is 0.351 e. The number of hydrogen-bond donors (Lipinski definition) is 1. The van der Waals surface area contributed by atoms with Crippen molar-refractivity contribution in [2.75, 3.05) is 52.4 Å². The fourth-order valence-electron chi connectivity index (χ4n) is 3.65. The molecular formula is C22H30N4O4S2. The summed E-state index contributed by atoms with van der Waals surface area (Å²) in [6.45, 7) is 8.46. The number of carbonyl (C=O) groups is 2. The van der Waals surface area contributed by atoms with Crippen LogP contribution in [0.1, 0.15) is 33.9 Å². The summed E-state index contributed by atoms with van der Waals surface area (Å²) in [5, 5.41) is 4.79. The lowest BCUT2D eigenvalue weighted by Gasteiger charge is -2.34. The molecule has 2 amide bonds. The minimum atomic E-state index is -3.53. The molecule has 1 saturated heterocycles. The van der Waals surface area contributed by atoms with Crippen molar-refractivity contribution in [2.45, 2.75) is 18.7 Å². The molecule has 2 heterocycles. The number of piperazine rings is 1. The molecule has 174 valence electrons. The number of rotatable bonds is 9. The van der Waals surface area contributed by atoms with Crippen molar-refractivity contribution in [3.05, 3.63) is 52.2 Å². The van der Waals surface area contributed by atoms with Crippen LogP contribution in [0.15, 0.2) is 46.7 Å². The van der Waals surface area contributed by atoms with Gasteiger partial charge in [-0.2, -0.15) is 4.31 Å². The van der Waals surface area contributed by atoms with Gasteiger partial charge in [0.15, 0.2) is 0 Å². The van der Waals surface area contributed by atoms with Gasteiger partial charge < -0.3 is 10.2 Å². The predicted molar refractivity (Wildman–Crippen MR) is 126 cm³/mol. The van der Waals surface area contributed by atoms with Crippen LogP contribution in [0.4, 0.5) is 0 Å². The number of nitrogens with one attached hydrogen (secondary N) is 1. The van der Waals surface area contributed by atoms with Crippen molar-refractivity contribution in [2.24, 2.45) is 0 Å². The minimum Gasteiger partial charge on any atom is -0.351 e. The molecule has 2 aromatic rings. The van der Waals surface area contributed by atoms with Gasteiger partial charge >= 0.3 is 0 Å². The van der Waals surface area contributed by atoms with Crippen molar-refractivity contribution >= 4 is 33.2 Å². The van der Waals surface area contributed by atoms with Crippen LogP contribution in [-0.2, 0) is 10.0 Å². The molecule has 10 heteroatoms. The maximum absolute atomic E-state index is 12.6. The summed E-state index contributed by atoms with van der Waals surface area (Å²) in [5.41, 5.74) is 0.426. The Labute approximate surface area is 193 Å². The quantitative estimate of drug-likeness (QED) is 0.595. The van der Waals surface area contributed by atoms with Gasteiger partial charge in [-0.3, -0.25) is 14.5 Å². The van der Waals surface area contributed by atoms with E-state index in [4.69, 9.17) is 0 Å². The van der Waals surface area contributed by atoms with Crippen molar-refractivity contribution in [3.63, 3.8) is 0 Å². The Bertz CT molecular complexity index is 995. The van der Waals surface area contributed by atoms with Gasteiger partial charge in [-0.25, -0.2) is 8.42 Å². The second-order valence-corrected chi connectivity index (χ2v) is 10.4. The van der Waals surface area contributed by atoms with Crippen molar-refractivity contribution in [1.29, 1.82) is 0 Å². The molecule has 8 nitrogen and oxygen atoms in total. The van der Waals surface area contributed by atoms with E-state index in [1.54, 1.807) is 26.0 Å². The molecule has 32 heavy (non-hydrogen) atoms. The summed E-state index contributed by atoms with van der Waals surface area (Å²) in [4.78, 5) is 29.9. The number of hydrogen-bond acceptors (Lipinski definition) is 6. The van der Waals surface area contributed by atoms with E-state index in [0.29, 0.717) is 44.8 Å². The minimum absolute atomic E-state index is 0.0828. The fourth-order valence-corrected chi connectivity index (χ4v) is 5.80. The monoisotopic (exact) mass is 478 g/mol. The Morgan fingerprint density at radius 3 is 2.25 bits per heavy atom. The van der Waals surface area contributed by atoms with Gasteiger partial charge in [-0.15, -0.1) is 11.3 Å². The molecule has 0 bridgehead atoms. The van der Waals surface area contributed by atoms with Crippen molar-refractivity contribution in [1.82, 2.24) is 19.4 Å². The molecule has 0 unspecified atom stereocenters. The molecule has 0 saturated carbocycles. The van der Waals surface area contributed by atoms with Crippen molar-refractivity contribution < 1.29 is 18.0 Å². The first-order valence-electron chi connectivity index (χ1n) is 10.8. The van der Waals surface area contributed by atoms with Crippen LogP contribution in [0.3, 0.4) is 0 Å². The summed E-state index contributed by atoms with van der Waals surface area (Å²) in [7, 11) is -3.53. The molecule has 1 aliphatic rings. The summed E-state index contributed by atoms with van der Waals surface area (Å²) in [5.74, 6) is -0.150. The molecule has 1 aromatic heterocycles. The van der Waals surface area contributed by atoms with Gasteiger partial charge in [0.25, 0.3) is 11.8 Å². The van der Waals surface area contributed by atoms with Crippen LogP contribution >= 0.6 is 11.3 Å². The average Bonchev–Trinajstić information content (AvgIpc) is 3.35. The second kappa shape index (κ2) is 11.0. The summed E-state index contributed by atoms with van der Waals surface area (Å²) < 4.78 is 26.5. The molecule has 1 aliphatic heterocycles. The molecular weight excluding hydrogens is 448 g/mol. The van der Waals surface area contributed by atoms with E-state index in [0.717, 1.165) is 18.0 Å². The van der Waals surface area contributed by atoms with E-state index in [9.17, 15) is 18.0 Å². The van der Waals surface area contributed by atoms with E-state index >= 15 is 0 Å². The molecule has 1 aromatic carbocycles. The maximum atomic E-state index is 12.6. The smallest absolute Gasteiger partial charge is 0.264 e. The van der Waals surface area contributed by atoms with E-state index in [2.05, 4.69) is 10.2 Å². The zero-order valence-electron chi connectivity index (χ0n) is 18.5. The SMILES string of the molecule is CCN(CC)S(=O)(=O)c1ccc(C(=O)NCCN2CCN(C(=O)c3cccs3)CC2)cc1. The predicted octanol–water partition coefficient (Wildman–Crippen LogP) is 1.97. The normalized spacial score (nSPS) is 15.2. The van der Waals surface area contributed by atoms with Crippen molar-refractivity contribution in [3.8, 4) is 0 Å². The van der Waals surface area contributed by atoms with Crippen LogP contribution in [0.5, 0.6) is 0 Å². The van der Waals surface area contributed by atoms with E-state index in [1.807, 2.05) is 22.4 Å². The highest BCUT2D eigenvalue weighted by Gasteiger charge is 2.23. The number of thiophene rings is 1. The lowest BCUT2D eigenvalue weighted by atomic mass is 10.2. The average molecular weight is 479 g/mol. The van der Waals surface area contributed by atoms with Crippen LogP contribution in [0, 0.1) is 0 Å². The van der Waals surface area contributed by atoms with E-state index in [-0.39, 0.29) is 16.7 Å². The topological polar surface area (TPSA) is 90.0 Å². The maximum Gasteiger partial charge on any atom is 0.264 e. The zero-order chi connectivity index (χ0) is 23.1.